The summed E-state index contributed by atoms with van der Waals surface area (Å²) < 4.78 is 11.5. The molecule has 1 aliphatic heterocycles. The van der Waals surface area contributed by atoms with Crippen LogP contribution in [0.1, 0.15) is 21.5 Å². The fourth-order valence-corrected chi connectivity index (χ4v) is 2.96. The zero-order chi connectivity index (χ0) is 18.5. The lowest BCUT2D eigenvalue weighted by atomic mass is 10.1. The molecule has 6 heteroatoms. The lowest BCUT2D eigenvalue weighted by molar-refractivity contribution is -0.0401. The van der Waals surface area contributed by atoms with Crippen molar-refractivity contribution in [3.63, 3.8) is 0 Å². The minimum Gasteiger partial charge on any atom is -0.491 e. The molecule has 0 aliphatic carbocycles. The van der Waals surface area contributed by atoms with Crippen molar-refractivity contribution in [2.45, 2.75) is 13.0 Å². The van der Waals surface area contributed by atoms with Crippen molar-refractivity contribution in [2.24, 2.45) is 0 Å². The van der Waals surface area contributed by atoms with Crippen LogP contribution in [0.25, 0.3) is 0 Å². The summed E-state index contributed by atoms with van der Waals surface area (Å²) in [6, 6.07) is 14.4. The van der Waals surface area contributed by atoms with Gasteiger partial charge in [0.15, 0.2) is 0 Å². The summed E-state index contributed by atoms with van der Waals surface area (Å²) in [6.07, 6.45) is -0.224. The van der Waals surface area contributed by atoms with Crippen molar-refractivity contribution >= 4 is 17.5 Å². The van der Waals surface area contributed by atoms with Gasteiger partial charge in [-0.2, -0.15) is 5.26 Å². The van der Waals surface area contributed by atoms with Gasteiger partial charge in [0.2, 0.25) is 0 Å². The van der Waals surface area contributed by atoms with Crippen LogP contribution in [0.4, 0.5) is 0 Å². The third-order valence-corrected chi connectivity index (χ3v) is 4.69. The van der Waals surface area contributed by atoms with E-state index in [1.54, 1.807) is 35.2 Å². The minimum absolute atomic E-state index is 0.155. The second kappa shape index (κ2) is 8.22. The average molecular weight is 371 g/mol. The topological polar surface area (TPSA) is 62.6 Å². The van der Waals surface area contributed by atoms with Crippen molar-refractivity contribution in [3.05, 3.63) is 64.2 Å². The van der Waals surface area contributed by atoms with Gasteiger partial charge < -0.3 is 14.4 Å². The number of rotatable bonds is 4. The summed E-state index contributed by atoms with van der Waals surface area (Å²) in [5, 5.41) is 9.89. The zero-order valence-electron chi connectivity index (χ0n) is 14.4. The number of nitriles is 1. The number of morpholine rings is 1. The number of hydrogen-bond donors (Lipinski definition) is 0. The number of carbonyl (C=O) groups is 1. The van der Waals surface area contributed by atoms with Crippen LogP contribution in [0, 0.1) is 18.3 Å². The molecule has 1 fully saturated rings. The second-order valence-electron chi connectivity index (χ2n) is 6.12. The molecule has 0 bridgehead atoms. The van der Waals surface area contributed by atoms with Crippen LogP contribution in [0.2, 0.25) is 5.02 Å². The number of amides is 1. The third kappa shape index (κ3) is 4.16. The van der Waals surface area contributed by atoms with E-state index in [4.69, 9.17) is 21.1 Å². The molecule has 1 heterocycles. The Morgan fingerprint density at radius 2 is 2.19 bits per heavy atom. The quantitative estimate of drug-likeness (QED) is 0.827. The Bertz CT molecular complexity index is 847. The van der Waals surface area contributed by atoms with E-state index >= 15 is 0 Å². The fraction of sp³-hybridized carbons (Fsp3) is 0.300. The summed E-state index contributed by atoms with van der Waals surface area (Å²) in [5.41, 5.74) is 1.75. The van der Waals surface area contributed by atoms with Crippen LogP contribution < -0.4 is 4.74 Å². The van der Waals surface area contributed by atoms with Gasteiger partial charge in [-0.1, -0.05) is 23.7 Å². The molecule has 1 unspecified atom stereocenters. The van der Waals surface area contributed by atoms with Gasteiger partial charge in [0.1, 0.15) is 18.5 Å². The average Bonchev–Trinajstić information content (AvgIpc) is 2.68. The largest absolute Gasteiger partial charge is 0.491 e. The smallest absolute Gasteiger partial charge is 0.255 e. The summed E-state index contributed by atoms with van der Waals surface area (Å²) in [7, 11) is 0. The van der Waals surface area contributed by atoms with Gasteiger partial charge in [0, 0.05) is 11.6 Å². The molecule has 5 nitrogen and oxygen atoms in total. The third-order valence-electron chi connectivity index (χ3n) is 4.27. The Morgan fingerprint density at radius 3 is 2.96 bits per heavy atom. The first kappa shape index (κ1) is 18.2. The zero-order valence-corrected chi connectivity index (χ0v) is 15.2. The van der Waals surface area contributed by atoms with E-state index in [9.17, 15) is 10.1 Å². The summed E-state index contributed by atoms with van der Waals surface area (Å²) in [6.45, 7) is 3.61. The monoisotopic (exact) mass is 370 g/mol. The molecule has 2 aromatic carbocycles. The SMILES string of the molecule is Cc1cc(OCC2CN(C(=O)c3ccccc3C#N)CCO2)ccc1Cl. The van der Waals surface area contributed by atoms with Crippen LogP contribution in [-0.2, 0) is 4.74 Å². The van der Waals surface area contributed by atoms with Crippen LogP contribution in [0.15, 0.2) is 42.5 Å². The molecule has 0 saturated carbocycles. The van der Waals surface area contributed by atoms with Gasteiger partial charge in [0.25, 0.3) is 5.91 Å². The van der Waals surface area contributed by atoms with E-state index in [-0.39, 0.29) is 12.0 Å². The number of ether oxygens (including phenoxy) is 2. The molecular formula is C20H19ClN2O3. The Balaban J connectivity index is 1.63. The van der Waals surface area contributed by atoms with Crippen molar-refractivity contribution in [3.8, 4) is 11.8 Å². The maximum atomic E-state index is 12.7. The second-order valence-corrected chi connectivity index (χ2v) is 6.53. The number of nitrogens with zero attached hydrogens (tertiary/aromatic N) is 2. The van der Waals surface area contributed by atoms with E-state index in [0.29, 0.717) is 48.2 Å². The minimum atomic E-state index is -0.224. The fourth-order valence-electron chi connectivity index (χ4n) is 2.84. The van der Waals surface area contributed by atoms with Gasteiger partial charge in [-0.3, -0.25) is 4.79 Å². The lowest BCUT2D eigenvalue weighted by Crippen LogP contribution is -2.47. The molecule has 1 amide bonds. The maximum absolute atomic E-state index is 12.7. The first-order valence-electron chi connectivity index (χ1n) is 8.37. The van der Waals surface area contributed by atoms with E-state index in [2.05, 4.69) is 6.07 Å². The molecule has 1 saturated heterocycles. The van der Waals surface area contributed by atoms with Crippen LogP contribution in [0.5, 0.6) is 5.75 Å². The maximum Gasteiger partial charge on any atom is 0.255 e. The van der Waals surface area contributed by atoms with Crippen molar-refractivity contribution in [1.82, 2.24) is 4.90 Å². The molecule has 134 valence electrons. The Kier molecular flexibility index (Phi) is 5.77. The van der Waals surface area contributed by atoms with Gasteiger partial charge in [-0.15, -0.1) is 0 Å². The van der Waals surface area contributed by atoms with Gasteiger partial charge >= 0.3 is 0 Å². The first-order chi connectivity index (χ1) is 12.6. The van der Waals surface area contributed by atoms with Crippen LogP contribution in [0.3, 0.4) is 0 Å². The number of aryl methyl sites for hydroxylation is 1. The van der Waals surface area contributed by atoms with Crippen molar-refractivity contribution in [2.75, 3.05) is 26.3 Å². The molecule has 3 rings (SSSR count). The highest BCUT2D eigenvalue weighted by molar-refractivity contribution is 6.31. The summed E-state index contributed by atoms with van der Waals surface area (Å²) >= 11 is 6.02. The van der Waals surface area contributed by atoms with Crippen LogP contribution >= 0.6 is 11.6 Å². The normalized spacial score (nSPS) is 16.8. The molecule has 1 aliphatic rings. The lowest BCUT2D eigenvalue weighted by Gasteiger charge is -2.33. The van der Waals surface area contributed by atoms with E-state index < -0.39 is 0 Å². The summed E-state index contributed by atoms with van der Waals surface area (Å²) in [5.74, 6) is 0.562. The molecule has 0 spiro atoms. The Morgan fingerprint density at radius 1 is 1.38 bits per heavy atom. The number of carbonyl (C=O) groups excluding carboxylic acids is 1. The van der Waals surface area contributed by atoms with Crippen LogP contribution in [-0.4, -0.2) is 43.2 Å². The molecule has 0 radical (unpaired) electrons. The number of hydrogen-bond acceptors (Lipinski definition) is 4. The van der Waals surface area contributed by atoms with Gasteiger partial charge in [0.05, 0.1) is 30.3 Å². The molecule has 0 N–H and O–H groups in total. The number of halogens is 1. The predicted molar refractivity (Wildman–Crippen MR) is 98.5 cm³/mol. The van der Waals surface area contributed by atoms with Crippen molar-refractivity contribution in [1.29, 1.82) is 5.26 Å². The van der Waals surface area contributed by atoms with Gasteiger partial charge in [-0.05, 0) is 42.8 Å². The summed E-state index contributed by atoms with van der Waals surface area (Å²) in [4.78, 5) is 14.5. The number of benzene rings is 2. The van der Waals surface area contributed by atoms with E-state index in [1.807, 2.05) is 19.1 Å². The van der Waals surface area contributed by atoms with Gasteiger partial charge in [-0.25, -0.2) is 0 Å². The molecular weight excluding hydrogens is 352 g/mol. The molecule has 0 aromatic heterocycles. The highest BCUT2D eigenvalue weighted by Gasteiger charge is 2.26. The molecule has 1 atom stereocenters. The standard InChI is InChI=1S/C20H19ClN2O3/c1-14-10-16(6-7-19(14)21)26-13-17-12-23(8-9-25-17)20(24)18-5-3-2-4-15(18)11-22/h2-7,10,17H,8-9,12-13H2,1H3. The Hall–Kier alpha value is -2.55. The predicted octanol–water partition coefficient (Wildman–Crippen LogP) is 3.44. The van der Waals surface area contributed by atoms with Crippen molar-refractivity contribution < 1.29 is 14.3 Å². The Labute approximate surface area is 157 Å². The van der Waals surface area contributed by atoms with E-state index in [1.165, 1.54) is 0 Å². The molecule has 2 aromatic rings. The first-order valence-corrected chi connectivity index (χ1v) is 8.75. The van der Waals surface area contributed by atoms with E-state index in [0.717, 1.165) is 5.56 Å². The highest BCUT2D eigenvalue weighted by Crippen LogP contribution is 2.22. The molecule has 26 heavy (non-hydrogen) atoms. The highest BCUT2D eigenvalue weighted by atomic mass is 35.5.